The SMILES string of the molecule is Nc1nc(O[C@H]2CCOC2)nc2c3c(ccc12)OCCO3. The molecule has 1 aromatic heterocycles. The van der Waals surface area contributed by atoms with Gasteiger partial charge in [0.2, 0.25) is 0 Å². The largest absolute Gasteiger partial charge is 0.486 e. The van der Waals surface area contributed by atoms with E-state index >= 15 is 0 Å². The summed E-state index contributed by atoms with van der Waals surface area (Å²) in [5, 5.41) is 0.731. The molecule has 0 bridgehead atoms. The van der Waals surface area contributed by atoms with Gasteiger partial charge in [-0.3, -0.25) is 0 Å². The minimum Gasteiger partial charge on any atom is -0.486 e. The highest BCUT2D eigenvalue weighted by molar-refractivity contribution is 5.94. The standard InChI is InChI=1S/C14H15N3O4/c15-13-9-1-2-10-12(20-6-5-19-10)11(9)16-14(17-13)21-8-3-4-18-7-8/h1-2,8H,3-7H2,(H2,15,16,17)/t8-/m0/s1. The Bertz CT molecular complexity index is 685. The second kappa shape index (κ2) is 4.92. The second-order valence-corrected chi connectivity index (χ2v) is 4.98. The van der Waals surface area contributed by atoms with E-state index in [1.807, 2.05) is 12.1 Å². The van der Waals surface area contributed by atoms with Crippen LogP contribution in [0.1, 0.15) is 6.42 Å². The van der Waals surface area contributed by atoms with Crippen LogP contribution in [0.4, 0.5) is 5.82 Å². The molecule has 0 amide bonds. The van der Waals surface area contributed by atoms with Crippen molar-refractivity contribution in [2.45, 2.75) is 12.5 Å². The molecule has 2 aliphatic heterocycles. The summed E-state index contributed by atoms with van der Waals surface area (Å²) in [6, 6.07) is 3.90. The van der Waals surface area contributed by atoms with Gasteiger partial charge in [0.25, 0.3) is 0 Å². The molecule has 0 radical (unpaired) electrons. The van der Waals surface area contributed by atoms with Crippen LogP contribution in [0.3, 0.4) is 0 Å². The fourth-order valence-electron chi connectivity index (χ4n) is 2.51. The molecule has 1 aromatic carbocycles. The van der Waals surface area contributed by atoms with E-state index in [4.69, 9.17) is 24.7 Å². The molecule has 1 fully saturated rings. The highest BCUT2D eigenvalue weighted by Crippen LogP contribution is 2.38. The number of hydrogen-bond donors (Lipinski definition) is 1. The van der Waals surface area contributed by atoms with Crippen LogP contribution >= 0.6 is 0 Å². The summed E-state index contributed by atoms with van der Waals surface area (Å²) in [6.07, 6.45) is 0.798. The number of nitrogens with two attached hydrogens (primary N) is 1. The van der Waals surface area contributed by atoms with Crippen molar-refractivity contribution in [1.82, 2.24) is 9.97 Å². The first-order chi connectivity index (χ1) is 10.3. The smallest absolute Gasteiger partial charge is 0.319 e. The van der Waals surface area contributed by atoms with Gasteiger partial charge in [-0.2, -0.15) is 9.97 Å². The van der Waals surface area contributed by atoms with E-state index < -0.39 is 0 Å². The third kappa shape index (κ3) is 2.19. The minimum atomic E-state index is -0.0291. The van der Waals surface area contributed by atoms with Gasteiger partial charge in [0.05, 0.1) is 13.2 Å². The minimum absolute atomic E-state index is 0.0291. The topological polar surface area (TPSA) is 88.7 Å². The molecule has 2 aromatic rings. The highest BCUT2D eigenvalue weighted by atomic mass is 16.6. The number of hydrogen-bond acceptors (Lipinski definition) is 7. The zero-order chi connectivity index (χ0) is 14.2. The van der Waals surface area contributed by atoms with E-state index in [0.29, 0.717) is 49.3 Å². The van der Waals surface area contributed by atoms with Crippen LogP contribution in [0.5, 0.6) is 17.5 Å². The number of aromatic nitrogens is 2. The predicted molar refractivity (Wildman–Crippen MR) is 74.8 cm³/mol. The van der Waals surface area contributed by atoms with Crippen molar-refractivity contribution in [2.75, 3.05) is 32.2 Å². The number of fused-ring (bicyclic) bond motifs is 3. The number of nitrogens with zero attached hydrogens (tertiary/aromatic N) is 2. The summed E-state index contributed by atoms with van der Waals surface area (Å²) >= 11 is 0. The molecule has 4 rings (SSSR count). The summed E-state index contributed by atoms with van der Waals surface area (Å²) in [6.45, 7) is 2.26. The average molecular weight is 289 g/mol. The maximum absolute atomic E-state index is 6.01. The van der Waals surface area contributed by atoms with Crippen LogP contribution < -0.4 is 19.9 Å². The van der Waals surface area contributed by atoms with Crippen LogP contribution in [0.2, 0.25) is 0 Å². The molecule has 1 saturated heterocycles. The van der Waals surface area contributed by atoms with Crippen LogP contribution in [-0.4, -0.2) is 42.5 Å². The summed E-state index contributed by atoms with van der Waals surface area (Å²) in [5.74, 6) is 1.63. The van der Waals surface area contributed by atoms with Crippen LogP contribution in [0.25, 0.3) is 10.9 Å². The van der Waals surface area contributed by atoms with E-state index in [9.17, 15) is 0 Å². The van der Waals surface area contributed by atoms with Gasteiger partial charge in [-0.1, -0.05) is 0 Å². The monoisotopic (exact) mass is 289 g/mol. The lowest BCUT2D eigenvalue weighted by atomic mass is 10.2. The maximum atomic E-state index is 6.01. The lowest BCUT2D eigenvalue weighted by molar-refractivity contribution is 0.134. The number of anilines is 1. The predicted octanol–water partition coefficient (Wildman–Crippen LogP) is 1.15. The molecular formula is C14H15N3O4. The molecule has 7 heteroatoms. The van der Waals surface area contributed by atoms with Crippen molar-refractivity contribution in [2.24, 2.45) is 0 Å². The van der Waals surface area contributed by atoms with Gasteiger partial charge in [0.15, 0.2) is 11.5 Å². The molecular weight excluding hydrogens is 274 g/mol. The molecule has 0 saturated carbocycles. The average Bonchev–Trinajstić information content (AvgIpc) is 3.00. The van der Waals surface area contributed by atoms with Gasteiger partial charge in [-0.15, -0.1) is 0 Å². The van der Waals surface area contributed by atoms with Gasteiger partial charge in [-0.25, -0.2) is 0 Å². The number of ether oxygens (including phenoxy) is 4. The Hall–Kier alpha value is -2.28. The summed E-state index contributed by atoms with van der Waals surface area (Å²) in [4.78, 5) is 8.65. The molecule has 0 spiro atoms. The molecule has 7 nitrogen and oxygen atoms in total. The van der Waals surface area contributed by atoms with E-state index in [1.54, 1.807) is 0 Å². The first kappa shape index (κ1) is 12.5. The normalized spacial score (nSPS) is 20.7. The second-order valence-electron chi connectivity index (χ2n) is 4.98. The Kier molecular flexibility index (Phi) is 2.92. The third-order valence-electron chi connectivity index (χ3n) is 3.54. The highest BCUT2D eigenvalue weighted by Gasteiger charge is 2.22. The Morgan fingerprint density at radius 3 is 2.90 bits per heavy atom. The van der Waals surface area contributed by atoms with Crippen molar-refractivity contribution >= 4 is 16.7 Å². The van der Waals surface area contributed by atoms with Crippen LogP contribution in [0.15, 0.2) is 12.1 Å². The third-order valence-corrected chi connectivity index (χ3v) is 3.54. The lowest BCUT2D eigenvalue weighted by Crippen LogP contribution is -2.18. The van der Waals surface area contributed by atoms with Crippen molar-refractivity contribution in [3.63, 3.8) is 0 Å². The maximum Gasteiger partial charge on any atom is 0.319 e. The molecule has 2 N–H and O–H groups in total. The van der Waals surface area contributed by atoms with Crippen molar-refractivity contribution < 1.29 is 18.9 Å². The quantitative estimate of drug-likeness (QED) is 0.887. The zero-order valence-corrected chi connectivity index (χ0v) is 11.4. The Balaban J connectivity index is 1.79. The van der Waals surface area contributed by atoms with E-state index in [2.05, 4.69) is 9.97 Å². The van der Waals surface area contributed by atoms with Crippen LogP contribution in [-0.2, 0) is 4.74 Å². The number of rotatable bonds is 2. The Morgan fingerprint density at radius 1 is 1.14 bits per heavy atom. The fraction of sp³-hybridized carbons (Fsp3) is 0.429. The van der Waals surface area contributed by atoms with Gasteiger partial charge < -0.3 is 24.7 Å². The zero-order valence-electron chi connectivity index (χ0n) is 11.4. The summed E-state index contributed by atoms with van der Waals surface area (Å²) in [5.41, 5.74) is 6.62. The van der Waals surface area contributed by atoms with E-state index in [0.717, 1.165) is 11.8 Å². The van der Waals surface area contributed by atoms with Gasteiger partial charge in [-0.05, 0) is 12.1 Å². The van der Waals surface area contributed by atoms with Crippen LogP contribution in [0, 0.1) is 0 Å². The van der Waals surface area contributed by atoms with E-state index in [-0.39, 0.29) is 12.1 Å². The molecule has 21 heavy (non-hydrogen) atoms. The number of benzene rings is 1. The Morgan fingerprint density at radius 2 is 2.05 bits per heavy atom. The van der Waals surface area contributed by atoms with Gasteiger partial charge >= 0.3 is 6.01 Å². The first-order valence-electron chi connectivity index (χ1n) is 6.91. The van der Waals surface area contributed by atoms with Crippen molar-refractivity contribution in [3.05, 3.63) is 12.1 Å². The lowest BCUT2D eigenvalue weighted by Gasteiger charge is -2.20. The molecule has 0 aliphatic carbocycles. The van der Waals surface area contributed by atoms with Gasteiger partial charge in [0, 0.05) is 11.8 Å². The number of nitrogen functional groups attached to an aromatic ring is 1. The molecule has 1 atom stereocenters. The van der Waals surface area contributed by atoms with Crippen molar-refractivity contribution in [3.8, 4) is 17.5 Å². The van der Waals surface area contributed by atoms with Gasteiger partial charge in [0.1, 0.15) is 30.7 Å². The fourth-order valence-corrected chi connectivity index (χ4v) is 2.51. The Labute approximate surface area is 121 Å². The van der Waals surface area contributed by atoms with E-state index in [1.165, 1.54) is 0 Å². The summed E-state index contributed by atoms with van der Waals surface area (Å²) < 4.78 is 22.2. The molecule has 2 aliphatic rings. The van der Waals surface area contributed by atoms with Crippen molar-refractivity contribution in [1.29, 1.82) is 0 Å². The summed E-state index contributed by atoms with van der Waals surface area (Å²) in [7, 11) is 0. The molecule has 110 valence electrons. The molecule has 3 heterocycles. The first-order valence-corrected chi connectivity index (χ1v) is 6.91. The molecule has 0 unspecified atom stereocenters.